The summed E-state index contributed by atoms with van der Waals surface area (Å²) in [5, 5.41) is 8.01. The van der Waals surface area contributed by atoms with Crippen LogP contribution >= 0.6 is 0 Å². The van der Waals surface area contributed by atoms with Gasteiger partial charge >= 0.3 is 0 Å². The second-order valence-electron chi connectivity index (χ2n) is 7.35. The van der Waals surface area contributed by atoms with Crippen LogP contribution in [0.25, 0.3) is 0 Å². The molecule has 6 heteroatoms. The Morgan fingerprint density at radius 2 is 2.17 bits per heavy atom. The number of nitrogens with one attached hydrogen (secondary N) is 1. The maximum Gasteiger partial charge on any atom is 0.274 e. The van der Waals surface area contributed by atoms with Crippen molar-refractivity contribution < 1.29 is 4.79 Å². The first-order valence-corrected chi connectivity index (χ1v) is 8.98. The zero-order valence-electron chi connectivity index (χ0n) is 13.9. The summed E-state index contributed by atoms with van der Waals surface area (Å²) in [6, 6.07) is 2.66. The maximum atomic E-state index is 12.9. The average molecular weight is 317 g/mol. The number of carbonyl (C=O) groups excluding carboxylic acids is 1. The number of aromatic nitrogens is 2. The number of rotatable bonds is 2. The lowest BCUT2D eigenvalue weighted by Gasteiger charge is -2.36. The number of amides is 1. The molecular formula is C17H27N5O. The highest BCUT2D eigenvalue weighted by Crippen LogP contribution is 2.32. The number of likely N-dealkylation sites (tertiary alicyclic amines) is 2. The van der Waals surface area contributed by atoms with Crippen LogP contribution in [-0.4, -0.2) is 71.3 Å². The van der Waals surface area contributed by atoms with Gasteiger partial charge in [-0.3, -0.25) is 9.48 Å². The normalized spacial score (nSPS) is 32.0. The molecule has 4 heterocycles. The van der Waals surface area contributed by atoms with Crippen LogP contribution in [0.5, 0.6) is 0 Å². The molecule has 3 aliphatic heterocycles. The van der Waals surface area contributed by atoms with Crippen LogP contribution in [0.15, 0.2) is 12.3 Å². The van der Waals surface area contributed by atoms with Crippen LogP contribution in [-0.2, 0) is 0 Å². The minimum Gasteiger partial charge on any atom is -0.333 e. The van der Waals surface area contributed by atoms with Crippen molar-refractivity contribution in [3.05, 3.63) is 18.0 Å². The number of nitrogens with zero attached hydrogens (tertiary/aromatic N) is 4. The van der Waals surface area contributed by atoms with E-state index in [-0.39, 0.29) is 5.91 Å². The molecular weight excluding hydrogens is 290 g/mol. The van der Waals surface area contributed by atoms with Crippen molar-refractivity contribution in [3.63, 3.8) is 0 Å². The van der Waals surface area contributed by atoms with E-state index in [2.05, 4.69) is 27.3 Å². The van der Waals surface area contributed by atoms with Gasteiger partial charge in [0.1, 0.15) is 5.69 Å². The summed E-state index contributed by atoms with van der Waals surface area (Å²) in [5.41, 5.74) is 0.615. The highest BCUT2D eigenvalue weighted by Gasteiger charge is 2.40. The van der Waals surface area contributed by atoms with E-state index in [1.165, 1.54) is 12.8 Å². The third-order valence-corrected chi connectivity index (χ3v) is 5.80. The lowest BCUT2D eigenvalue weighted by atomic mass is 9.92. The first-order valence-electron chi connectivity index (χ1n) is 8.98. The molecule has 3 atom stereocenters. The summed E-state index contributed by atoms with van der Waals surface area (Å²) in [4.78, 5) is 17.3. The zero-order valence-corrected chi connectivity index (χ0v) is 13.9. The zero-order chi connectivity index (χ0) is 15.8. The van der Waals surface area contributed by atoms with Crippen LogP contribution in [0, 0.1) is 5.92 Å². The summed E-state index contributed by atoms with van der Waals surface area (Å²) < 4.78 is 1.99. The number of hydrogen-bond donors (Lipinski definition) is 1. The Labute approximate surface area is 137 Å². The highest BCUT2D eigenvalue weighted by molar-refractivity contribution is 5.92. The molecule has 126 valence electrons. The smallest absolute Gasteiger partial charge is 0.274 e. The monoisotopic (exact) mass is 317 g/mol. The summed E-state index contributed by atoms with van der Waals surface area (Å²) in [6.07, 6.45) is 6.66. The second kappa shape index (κ2) is 6.24. The molecule has 3 aliphatic rings. The molecule has 0 aromatic carbocycles. The van der Waals surface area contributed by atoms with Crippen molar-refractivity contribution in [1.29, 1.82) is 0 Å². The molecule has 23 heavy (non-hydrogen) atoms. The Hall–Kier alpha value is -1.40. The van der Waals surface area contributed by atoms with Crippen molar-refractivity contribution in [2.24, 2.45) is 5.92 Å². The number of carbonyl (C=O) groups is 1. The van der Waals surface area contributed by atoms with E-state index < -0.39 is 0 Å². The third-order valence-electron chi connectivity index (χ3n) is 5.80. The summed E-state index contributed by atoms with van der Waals surface area (Å²) in [5.74, 6) is 0.801. The lowest BCUT2D eigenvalue weighted by molar-refractivity contribution is 0.0624. The molecule has 0 saturated carbocycles. The quantitative estimate of drug-likeness (QED) is 0.883. The number of likely N-dealkylation sites (N-methyl/N-ethyl adjacent to an activating group) is 1. The van der Waals surface area contributed by atoms with Crippen LogP contribution in [0.2, 0.25) is 0 Å². The highest BCUT2D eigenvalue weighted by atomic mass is 16.2. The molecule has 1 amide bonds. The Morgan fingerprint density at radius 3 is 3.00 bits per heavy atom. The molecule has 3 unspecified atom stereocenters. The number of piperidine rings is 2. The van der Waals surface area contributed by atoms with Crippen LogP contribution in [0.4, 0.5) is 0 Å². The maximum absolute atomic E-state index is 12.9. The first kappa shape index (κ1) is 15.1. The van der Waals surface area contributed by atoms with Gasteiger partial charge in [0.15, 0.2) is 0 Å². The van der Waals surface area contributed by atoms with Gasteiger partial charge in [-0.05, 0) is 57.8 Å². The van der Waals surface area contributed by atoms with Crippen molar-refractivity contribution in [1.82, 2.24) is 24.9 Å². The molecule has 0 spiro atoms. The molecule has 1 aromatic heterocycles. The summed E-state index contributed by atoms with van der Waals surface area (Å²) in [7, 11) is 2.15. The van der Waals surface area contributed by atoms with Crippen molar-refractivity contribution >= 4 is 5.91 Å². The Balaban J connectivity index is 1.47. The molecule has 0 aliphatic carbocycles. The van der Waals surface area contributed by atoms with Crippen LogP contribution in [0.1, 0.15) is 42.2 Å². The Morgan fingerprint density at radius 1 is 1.30 bits per heavy atom. The second-order valence-corrected chi connectivity index (χ2v) is 7.35. The van der Waals surface area contributed by atoms with Gasteiger partial charge in [-0.25, -0.2) is 0 Å². The van der Waals surface area contributed by atoms with Gasteiger partial charge in [-0.15, -0.1) is 0 Å². The van der Waals surface area contributed by atoms with Gasteiger partial charge in [0.25, 0.3) is 5.91 Å². The van der Waals surface area contributed by atoms with E-state index >= 15 is 0 Å². The SMILES string of the molecule is CN1CCC2CCN(C(=O)c3ccn(C4CCCNC4)n3)C2C1. The molecule has 3 saturated heterocycles. The predicted molar refractivity (Wildman–Crippen MR) is 88.4 cm³/mol. The topological polar surface area (TPSA) is 53.4 Å². The van der Waals surface area contributed by atoms with E-state index in [4.69, 9.17) is 0 Å². The van der Waals surface area contributed by atoms with E-state index in [0.717, 1.165) is 45.6 Å². The van der Waals surface area contributed by atoms with Gasteiger partial charge in [-0.2, -0.15) is 5.10 Å². The molecule has 1 N–H and O–H groups in total. The Bertz CT molecular complexity index is 565. The standard InChI is InChI=1S/C17H27N5O/c1-20-8-4-13-5-9-21(16(13)12-20)17(23)15-6-10-22(19-15)14-3-2-7-18-11-14/h6,10,13-14,16,18H,2-5,7-9,11-12H2,1H3. The molecule has 0 radical (unpaired) electrons. The van der Waals surface area contributed by atoms with Crippen LogP contribution < -0.4 is 5.32 Å². The minimum absolute atomic E-state index is 0.121. The molecule has 1 aromatic rings. The summed E-state index contributed by atoms with van der Waals surface area (Å²) >= 11 is 0. The molecule has 0 bridgehead atoms. The molecule has 4 rings (SSSR count). The van der Waals surface area contributed by atoms with Crippen molar-refractivity contribution in [2.75, 3.05) is 39.8 Å². The van der Waals surface area contributed by atoms with Crippen molar-refractivity contribution in [2.45, 2.75) is 37.8 Å². The fourth-order valence-electron chi connectivity index (χ4n) is 4.41. The molecule has 6 nitrogen and oxygen atoms in total. The van der Waals surface area contributed by atoms with E-state index in [1.54, 1.807) is 0 Å². The van der Waals surface area contributed by atoms with E-state index in [0.29, 0.717) is 23.7 Å². The van der Waals surface area contributed by atoms with E-state index in [9.17, 15) is 4.79 Å². The van der Waals surface area contributed by atoms with Gasteiger partial charge in [-0.1, -0.05) is 0 Å². The first-order chi connectivity index (χ1) is 11.2. The lowest BCUT2D eigenvalue weighted by Crippen LogP contribution is -2.48. The van der Waals surface area contributed by atoms with Gasteiger partial charge < -0.3 is 15.1 Å². The van der Waals surface area contributed by atoms with Gasteiger partial charge in [0.05, 0.1) is 6.04 Å². The Kier molecular flexibility index (Phi) is 4.11. The molecule has 3 fully saturated rings. The summed E-state index contributed by atoms with van der Waals surface area (Å²) in [6.45, 7) is 5.10. The largest absolute Gasteiger partial charge is 0.333 e. The van der Waals surface area contributed by atoms with Crippen molar-refractivity contribution in [3.8, 4) is 0 Å². The fourth-order valence-corrected chi connectivity index (χ4v) is 4.41. The van der Waals surface area contributed by atoms with Gasteiger partial charge in [0, 0.05) is 31.9 Å². The predicted octanol–water partition coefficient (Wildman–Crippen LogP) is 0.974. The number of fused-ring (bicyclic) bond motifs is 1. The third kappa shape index (κ3) is 2.90. The van der Waals surface area contributed by atoms with Crippen LogP contribution in [0.3, 0.4) is 0 Å². The average Bonchev–Trinajstić information content (AvgIpc) is 3.22. The minimum atomic E-state index is 0.121. The fraction of sp³-hybridized carbons (Fsp3) is 0.765. The van der Waals surface area contributed by atoms with Gasteiger partial charge in [0.2, 0.25) is 0 Å². The number of hydrogen-bond acceptors (Lipinski definition) is 4. The van der Waals surface area contributed by atoms with E-state index in [1.807, 2.05) is 16.9 Å².